The van der Waals surface area contributed by atoms with Crippen LogP contribution >= 0.6 is 11.6 Å². The normalized spacial score (nSPS) is 12.1. The van der Waals surface area contributed by atoms with Crippen molar-refractivity contribution in [3.8, 4) is 6.07 Å². The Balaban J connectivity index is 2.40. The van der Waals surface area contributed by atoms with E-state index in [1.54, 1.807) is 0 Å². The van der Waals surface area contributed by atoms with E-state index in [0.717, 1.165) is 10.6 Å². The molecule has 0 saturated heterocycles. The summed E-state index contributed by atoms with van der Waals surface area (Å²) in [4.78, 5) is 0. The third-order valence-electron chi connectivity index (χ3n) is 1.94. The van der Waals surface area contributed by atoms with Crippen LogP contribution in [0.1, 0.15) is 12.5 Å². The van der Waals surface area contributed by atoms with E-state index in [0.29, 0.717) is 13.1 Å². The van der Waals surface area contributed by atoms with E-state index in [9.17, 15) is 0 Å². The lowest BCUT2D eigenvalue weighted by atomic mass is 10.2. The summed E-state index contributed by atoms with van der Waals surface area (Å²) >= 11 is 5.97. The lowest BCUT2D eigenvalue weighted by Gasteiger charge is -2.06. The molecule has 1 atom stereocenters. The maximum Gasteiger partial charge on any atom is 0.0666 e. The molecule has 0 aromatic heterocycles. The molecule has 0 aliphatic heterocycles. The van der Waals surface area contributed by atoms with Gasteiger partial charge in [0.15, 0.2) is 0 Å². The molecule has 0 amide bonds. The molecule has 1 unspecified atom stereocenters. The summed E-state index contributed by atoms with van der Waals surface area (Å²) in [7, 11) is 0. The highest BCUT2D eigenvalue weighted by molar-refractivity contribution is 6.31. The van der Waals surface area contributed by atoms with Gasteiger partial charge in [0.2, 0.25) is 0 Å². The van der Waals surface area contributed by atoms with Crippen LogP contribution in [0, 0.1) is 17.2 Å². The largest absolute Gasteiger partial charge is 0.311 e. The van der Waals surface area contributed by atoms with Gasteiger partial charge in [-0.15, -0.1) is 0 Å². The molecular weight excluding hydrogens is 196 g/mol. The van der Waals surface area contributed by atoms with Crippen molar-refractivity contribution < 1.29 is 0 Å². The van der Waals surface area contributed by atoms with Gasteiger partial charge in [-0.05, 0) is 18.6 Å². The van der Waals surface area contributed by atoms with Crippen molar-refractivity contribution in [1.82, 2.24) is 5.32 Å². The standard InChI is InChI=1S/C11H13ClN2/c1-9(6-13)7-14-8-10-4-2-3-5-11(10)12/h2-5,9,14H,7-8H2,1H3. The summed E-state index contributed by atoms with van der Waals surface area (Å²) in [6.45, 7) is 3.30. The number of halogens is 1. The predicted molar refractivity (Wildman–Crippen MR) is 57.9 cm³/mol. The van der Waals surface area contributed by atoms with Crippen molar-refractivity contribution in [1.29, 1.82) is 5.26 Å². The molecule has 1 aromatic carbocycles. The number of rotatable bonds is 4. The van der Waals surface area contributed by atoms with E-state index in [1.165, 1.54) is 0 Å². The quantitative estimate of drug-likeness (QED) is 0.826. The summed E-state index contributed by atoms with van der Waals surface area (Å²) in [5.74, 6) is 0.0393. The summed E-state index contributed by atoms with van der Waals surface area (Å²) < 4.78 is 0. The Morgan fingerprint density at radius 1 is 1.50 bits per heavy atom. The van der Waals surface area contributed by atoms with Gasteiger partial charge in [-0.2, -0.15) is 5.26 Å². The second-order valence-electron chi connectivity index (χ2n) is 3.25. The van der Waals surface area contributed by atoms with Crippen LogP contribution in [-0.2, 0) is 6.54 Å². The minimum atomic E-state index is 0.0393. The highest BCUT2D eigenvalue weighted by Crippen LogP contribution is 2.14. The first-order chi connectivity index (χ1) is 6.74. The molecule has 1 rings (SSSR count). The van der Waals surface area contributed by atoms with E-state index < -0.39 is 0 Å². The van der Waals surface area contributed by atoms with Gasteiger partial charge in [0.25, 0.3) is 0 Å². The van der Waals surface area contributed by atoms with E-state index in [-0.39, 0.29) is 5.92 Å². The molecule has 2 nitrogen and oxygen atoms in total. The Kier molecular flexibility index (Phi) is 4.45. The van der Waals surface area contributed by atoms with Crippen LogP contribution in [0.2, 0.25) is 5.02 Å². The molecule has 1 aromatic rings. The molecule has 0 spiro atoms. The Morgan fingerprint density at radius 2 is 2.21 bits per heavy atom. The van der Waals surface area contributed by atoms with Crippen molar-refractivity contribution in [2.24, 2.45) is 5.92 Å². The number of benzene rings is 1. The van der Waals surface area contributed by atoms with Crippen molar-refractivity contribution in [2.75, 3.05) is 6.54 Å². The van der Waals surface area contributed by atoms with Crippen LogP contribution in [0.15, 0.2) is 24.3 Å². The molecule has 3 heteroatoms. The maximum absolute atomic E-state index is 8.57. The zero-order chi connectivity index (χ0) is 10.4. The van der Waals surface area contributed by atoms with Crippen LogP contribution in [0.3, 0.4) is 0 Å². The van der Waals surface area contributed by atoms with Crippen LogP contribution in [-0.4, -0.2) is 6.54 Å². The fourth-order valence-electron chi connectivity index (χ4n) is 1.11. The average Bonchev–Trinajstić information content (AvgIpc) is 2.20. The molecule has 0 bridgehead atoms. The highest BCUT2D eigenvalue weighted by Gasteiger charge is 2.00. The fourth-order valence-corrected chi connectivity index (χ4v) is 1.31. The van der Waals surface area contributed by atoms with Gasteiger partial charge in [0.1, 0.15) is 0 Å². The second kappa shape index (κ2) is 5.64. The molecule has 0 radical (unpaired) electrons. The van der Waals surface area contributed by atoms with Gasteiger partial charge in [0.05, 0.1) is 12.0 Å². The second-order valence-corrected chi connectivity index (χ2v) is 3.66. The van der Waals surface area contributed by atoms with Gasteiger partial charge in [-0.1, -0.05) is 29.8 Å². The average molecular weight is 209 g/mol. The predicted octanol–water partition coefficient (Wildman–Crippen LogP) is 2.59. The number of nitrogens with zero attached hydrogens (tertiary/aromatic N) is 1. The molecule has 0 fully saturated rings. The lowest BCUT2D eigenvalue weighted by Crippen LogP contribution is -2.19. The highest BCUT2D eigenvalue weighted by atomic mass is 35.5. The minimum absolute atomic E-state index is 0.0393. The molecular formula is C11H13ClN2. The summed E-state index contributed by atoms with van der Waals surface area (Å²) in [5.41, 5.74) is 1.07. The third-order valence-corrected chi connectivity index (χ3v) is 2.31. The van der Waals surface area contributed by atoms with Gasteiger partial charge >= 0.3 is 0 Å². The molecule has 0 aliphatic rings. The summed E-state index contributed by atoms with van der Waals surface area (Å²) in [5, 5.41) is 12.5. The first-order valence-electron chi connectivity index (χ1n) is 4.57. The van der Waals surface area contributed by atoms with E-state index in [2.05, 4.69) is 11.4 Å². The minimum Gasteiger partial charge on any atom is -0.311 e. The Labute approximate surface area is 89.5 Å². The molecule has 0 heterocycles. The molecule has 14 heavy (non-hydrogen) atoms. The van der Waals surface area contributed by atoms with Gasteiger partial charge < -0.3 is 5.32 Å². The van der Waals surface area contributed by atoms with E-state index in [1.807, 2.05) is 31.2 Å². The number of nitriles is 1. The summed E-state index contributed by atoms with van der Waals surface area (Å²) in [6.07, 6.45) is 0. The van der Waals surface area contributed by atoms with Crippen LogP contribution in [0.25, 0.3) is 0 Å². The van der Waals surface area contributed by atoms with Crippen LogP contribution in [0.4, 0.5) is 0 Å². The van der Waals surface area contributed by atoms with Crippen molar-refractivity contribution in [2.45, 2.75) is 13.5 Å². The van der Waals surface area contributed by atoms with Crippen LogP contribution in [0.5, 0.6) is 0 Å². The first kappa shape index (κ1) is 11.0. The van der Waals surface area contributed by atoms with E-state index in [4.69, 9.17) is 16.9 Å². The Morgan fingerprint density at radius 3 is 2.86 bits per heavy atom. The number of hydrogen-bond donors (Lipinski definition) is 1. The zero-order valence-electron chi connectivity index (χ0n) is 8.13. The molecule has 74 valence electrons. The maximum atomic E-state index is 8.57. The molecule has 1 N–H and O–H groups in total. The topological polar surface area (TPSA) is 35.8 Å². The van der Waals surface area contributed by atoms with Crippen molar-refractivity contribution in [3.63, 3.8) is 0 Å². The van der Waals surface area contributed by atoms with Gasteiger partial charge in [-0.25, -0.2) is 0 Å². The molecule has 0 saturated carbocycles. The lowest BCUT2D eigenvalue weighted by molar-refractivity contribution is 0.602. The smallest absolute Gasteiger partial charge is 0.0666 e. The van der Waals surface area contributed by atoms with Gasteiger partial charge in [0, 0.05) is 18.1 Å². The molecule has 0 aliphatic carbocycles. The number of hydrogen-bond acceptors (Lipinski definition) is 2. The van der Waals surface area contributed by atoms with Crippen molar-refractivity contribution >= 4 is 11.6 Å². The number of nitrogens with one attached hydrogen (secondary N) is 1. The zero-order valence-corrected chi connectivity index (χ0v) is 8.88. The van der Waals surface area contributed by atoms with E-state index >= 15 is 0 Å². The van der Waals surface area contributed by atoms with Gasteiger partial charge in [-0.3, -0.25) is 0 Å². The Bertz CT molecular complexity index is 330. The summed E-state index contributed by atoms with van der Waals surface area (Å²) in [6, 6.07) is 9.88. The SMILES string of the molecule is CC(C#N)CNCc1ccccc1Cl. The Hall–Kier alpha value is -1.04. The van der Waals surface area contributed by atoms with Crippen LogP contribution < -0.4 is 5.32 Å². The van der Waals surface area contributed by atoms with Crippen molar-refractivity contribution in [3.05, 3.63) is 34.9 Å². The third kappa shape index (κ3) is 3.37. The monoisotopic (exact) mass is 208 g/mol. The fraction of sp³-hybridized carbons (Fsp3) is 0.364. The first-order valence-corrected chi connectivity index (χ1v) is 4.95.